The van der Waals surface area contributed by atoms with Crippen LogP contribution in [0, 0.1) is 0 Å². The van der Waals surface area contributed by atoms with Gasteiger partial charge in [-0.15, -0.1) is 23.5 Å². The Kier molecular flexibility index (Phi) is 7.21. The highest BCUT2D eigenvalue weighted by molar-refractivity contribution is 8.00. The molecule has 0 saturated heterocycles. The van der Waals surface area contributed by atoms with Crippen molar-refractivity contribution in [2.24, 2.45) is 0 Å². The van der Waals surface area contributed by atoms with Gasteiger partial charge in [0.1, 0.15) is 0 Å². The Balaban J connectivity index is 1.26. The Hall–Kier alpha value is -3.72. The summed E-state index contributed by atoms with van der Waals surface area (Å²) >= 11 is 3.96. The average molecular weight is 551 g/mol. The third-order valence-corrected chi connectivity index (χ3v) is 9.69. The largest absolute Gasteiger partial charge is 0.126 e. The lowest BCUT2D eigenvalue weighted by Gasteiger charge is -2.13. The molecule has 0 saturated carbocycles. The number of hydrogen-bond donors (Lipinski definition) is 0. The van der Waals surface area contributed by atoms with Gasteiger partial charge in [0.15, 0.2) is 0 Å². The number of thioether (sulfide) groups is 2. The van der Waals surface area contributed by atoms with Crippen molar-refractivity contribution in [3.8, 4) is 0 Å². The molecule has 0 atom stereocenters. The summed E-state index contributed by atoms with van der Waals surface area (Å²) in [4.78, 5) is 2.74. The van der Waals surface area contributed by atoms with Gasteiger partial charge in [-0.05, 0) is 116 Å². The van der Waals surface area contributed by atoms with Crippen LogP contribution in [0.4, 0.5) is 0 Å². The maximum absolute atomic E-state index is 2.42. The zero-order chi connectivity index (χ0) is 26.7. The van der Waals surface area contributed by atoms with Gasteiger partial charge in [0.25, 0.3) is 0 Å². The van der Waals surface area contributed by atoms with Crippen LogP contribution >= 0.6 is 23.5 Å². The Labute approximate surface area is 244 Å². The highest BCUT2D eigenvalue weighted by Crippen LogP contribution is 2.37. The van der Waals surface area contributed by atoms with E-state index in [0.717, 1.165) is 24.3 Å². The third kappa shape index (κ3) is 5.47. The molecule has 0 heterocycles. The fourth-order valence-corrected chi connectivity index (χ4v) is 7.71. The maximum Gasteiger partial charge on any atom is 0.0162 e. The number of rotatable bonds is 8. The van der Waals surface area contributed by atoms with Gasteiger partial charge in [0.2, 0.25) is 0 Å². The Bertz CT molecular complexity index is 1940. The molecule has 0 aromatic heterocycles. The van der Waals surface area contributed by atoms with Gasteiger partial charge in [-0.2, -0.15) is 0 Å². The van der Waals surface area contributed by atoms with Crippen LogP contribution < -0.4 is 0 Å². The molecular formula is C38H30S2. The zero-order valence-electron chi connectivity index (χ0n) is 22.3. The van der Waals surface area contributed by atoms with Crippen LogP contribution in [0.25, 0.3) is 43.1 Å². The van der Waals surface area contributed by atoms with Crippen molar-refractivity contribution < 1.29 is 0 Å². The summed E-state index contributed by atoms with van der Waals surface area (Å²) in [5.74, 6) is 2.15. The van der Waals surface area contributed by atoms with Crippen LogP contribution in [0.3, 0.4) is 0 Å². The highest BCUT2D eigenvalue weighted by atomic mass is 32.2. The number of hydrogen-bond acceptors (Lipinski definition) is 2. The molecule has 0 fully saturated rings. The average Bonchev–Trinajstić information content (AvgIpc) is 2.99. The summed E-state index contributed by atoms with van der Waals surface area (Å²) in [6.07, 6.45) is 2.15. The molecule has 0 bridgehead atoms. The normalized spacial score (nSPS) is 11.6. The highest BCUT2D eigenvalue weighted by Gasteiger charge is 2.10. The van der Waals surface area contributed by atoms with E-state index in [9.17, 15) is 0 Å². The minimum atomic E-state index is 1.07. The molecule has 0 aliphatic rings. The minimum absolute atomic E-state index is 1.07. The SMILES string of the molecule is c1ccc(CCSc2cc(SCCc3ccccc3)c3cc4cc5cc6ccccc6cc5cc4cc3c2)cc1. The van der Waals surface area contributed by atoms with Crippen molar-refractivity contribution in [1.82, 2.24) is 0 Å². The van der Waals surface area contributed by atoms with E-state index in [1.165, 1.54) is 64.0 Å². The second-order valence-corrected chi connectivity index (χ2v) is 12.7. The first-order valence-corrected chi connectivity index (χ1v) is 15.9. The fraction of sp³-hybridized carbons (Fsp3) is 0.105. The summed E-state index contributed by atoms with van der Waals surface area (Å²) < 4.78 is 0. The van der Waals surface area contributed by atoms with E-state index in [1.54, 1.807) is 0 Å². The molecule has 2 heteroatoms. The van der Waals surface area contributed by atoms with Gasteiger partial charge in [-0.3, -0.25) is 0 Å². The molecule has 40 heavy (non-hydrogen) atoms. The van der Waals surface area contributed by atoms with Crippen LogP contribution in [-0.2, 0) is 12.8 Å². The molecule has 0 radical (unpaired) electrons. The van der Waals surface area contributed by atoms with Crippen molar-refractivity contribution in [2.45, 2.75) is 22.6 Å². The molecule has 0 unspecified atom stereocenters. The van der Waals surface area contributed by atoms with Gasteiger partial charge in [-0.1, -0.05) is 84.9 Å². The lowest BCUT2D eigenvalue weighted by molar-refractivity contribution is 1.15. The molecule has 194 valence electrons. The first kappa shape index (κ1) is 25.3. The molecular weight excluding hydrogens is 521 g/mol. The van der Waals surface area contributed by atoms with Crippen LogP contribution in [0.15, 0.2) is 143 Å². The quantitative estimate of drug-likeness (QED) is 0.136. The standard InChI is InChI=1S/C38H30S2/c1-3-9-27(10-4-1)15-17-39-36-24-35-23-33-21-31-19-29-13-7-8-14-30(29)20-32(31)22-34(33)25-37(35)38(26-36)40-18-16-28-11-5-2-6-12-28/h1-14,19-26H,15-18H2. The second kappa shape index (κ2) is 11.4. The molecule has 7 rings (SSSR count). The van der Waals surface area contributed by atoms with Gasteiger partial charge in [0, 0.05) is 21.3 Å². The van der Waals surface area contributed by atoms with Crippen LogP contribution in [0.2, 0.25) is 0 Å². The van der Waals surface area contributed by atoms with Crippen LogP contribution in [0.5, 0.6) is 0 Å². The molecule has 0 aliphatic heterocycles. The Morgan fingerprint density at radius 3 is 1.45 bits per heavy atom. The predicted molar refractivity (Wildman–Crippen MR) is 178 cm³/mol. The topological polar surface area (TPSA) is 0 Å². The summed E-state index contributed by atoms with van der Waals surface area (Å²) in [5.41, 5.74) is 2.80. The first-order chi connectivity index (χ1) is 19.8. The molecule has 7 aromatic carbocycles. The van der Waals surface area contributed by atoms with E-state index < -0.39 is 0 Å². The summed E-state index contributed by atoms with van der Waals surface area (Å²) in [7, 11) is 0. The van der Waals surface area contributed by atoms with Crippen molar-refractivity contribution in [1.29, 1.82) is 0 Å². The lowest BCUT2D eigenvalue weighted by Crippen LogP contribution is -1.91. The van der Waals surface area contributed by atoms with E-state index in [0.29, 0.717) is 0 Å². The first-order valence-electron chi connectivity index (χ1n) is 14.0. The number of fused-ring (bicyclic) bond motifs is 4. The number of benzene rings is 7. The van der Waals surface area contributed by atoms with E-state index in [1.807, 2.05) is 23.5 Å². The molecule has 0 spiro atoms. The molecule has 7 aromatic rings. The van der Waals surface area contributed by atoms with Gasteiger partial charge >= 0.3 is 0 Å². The smallest absolute Gasteiger partial charge is 0.0162 e. The van der Waals surface area contributed by atoms with E-state index in [-0.39, 0.29) is 0 Å². The molecule has 0 N–H and O–H groups in total. The van der Waals surface area contributed by atoms with Crippen molar-refractivity contribution in [2.75, 3.05) is 11.5 Å². The van der Waals surface area contributed by atoms with Crippen molar-refractivity contribution in [3.63, 3.8) is 0 Å². The zero-order valence-corrected chi connectivity index (χ0v) is 24.0. The van der Waals surface area contributed by atoms with Crippen molar-refractivity contribution in [3.05, 3.63) is 145 Å². The predicted octanol–water partition coefficient (Wildman–Crippen LogP) is 11.0. The Morgan fingerprint density at radius 1 is 0.375 bits per heavy atom. The molecule has 0 amide bonds. The van der Waals surface area contributed by atoms with Crippen LogP contribution in [-0.4, -0.2) is 11.5 Å². The lowest BCUT2D eigenvalue weighted by atomic mass is 9.97. The minimum Gasteiger partial charge on any atom is -0.126 e. The van der Waals surface area contributed by atoms with Crippen molar-refractivity contribution >= 4 is 66.6 Å². The fourth-order valence-electron chi connectivity index (χ4n) is 5.55. The summed E-state index contributed by atoms with van der Waals surface area (Å²) in [6.45, 7) is 0. The van der Waals surface area contributed by atoms with Crippen LogP contribution in [0.1, 0.15) is 11.1 Å². The van der Waals surface area contributed by atoms with Gasteiger partial charge in [0.05, 0.1) is 0 Å². The van der Waals surface area contributed by atoms with E-state index in [2.05, 4.69) is 133 Å². The third-order valence-electron chi connectivity index (χ3n) is 7.66. The van der Waals surface area contributed by atoms with E-state index in [4.69, 9.17) is 0 Å². The molecule has 0 nitrogen and oxygen atoms in total. The van der Waals surface area contributed by atoms with Gasteiger partial charge < -0.3 is 0 Å². The number of aryl methyl sites for hydroxylation is 2. The summed E-state index contributed by atoms with van der Waals surface area (Å²) in [6, 6.07) is 49.4. The van der Waals surface area contributed by atoms with Gasteiger partial charge in [-0.25, -0.2) is 0 Å². The van der Waals surface area contributed by atoms with E-state index >= 15 is 0 Å². The monoisotopic (exact) mass is 550 g/mol. The second-order valence-electron chi connectivity index (χ2n) is 10.4. The molecule has 0 aliphatic carbocycles. The Morgan fingerprint density at radius 2 is 0.850 bits per heavy atom. The summed E-state index contributed by atoms with van der Waals surface area (Å²) in [5, 5.41) is 10.5. The maximum atomic E-state index is 2.42.